The second-order valence-corrected chi connectivity index (χ2v) is 15.6. The van der Waals surface area contributed by atoms with E-state index in [2.05, 4.69) is 92.1 Å². The first-order chi connectivity index (χ1) is 25.0. The number of hydrogen-bond donors (Lipinski definition) is 2. The van der Waals surface area contributed by atoms with E-state index in [1.165, 1.54) is 6.42 Å². The minimum Gasteiger partial charge on any atom is -0.756 e. The number of allylic oxidation sites excluding steroid dienone is 13. The van der Waals surface area contributed by atoms with Crippen LogP contribution in [0.2, 0.25) is 0 Å². The lowest BCUT2D eigenvalue weighted by molar-refractivity contribution is -0.870. The van der Waals surface area contributed by atoms with Crippen LogP contribution in [-0.4, -0.2) is 68.5 Å². The van der Waals surface area contributed by atoms with Crippen molar-refractivity contribution in [2.75, 3.05) is 40.9 Å². The number of carbonyl (C=O) groups excluding carboxylic acids is 1. The molecule has 0 heterocycles. The molecule has 298 valence electrons. The normalized spacial score (nSPS) is 15.4. The Hall–Kier alpha value is -2.32. The lowest BCUT2D eigenvalue weighted by Crippen LogP contribution is -2.45. The predicted molar refractivity (Wildman–Crippen MR) is 219 cm³/mol. The molecule has 1 amide bonds. The smallest absolute Gasteiger partial charge is 0.268 e. The summed E-state index contributed by atoms with van der Waals surface area (Å²) in [5.41, 5.74) is 0. The Balaban J connectivity index is 4.53. The second-order valence-electron chi connectivity index (χ2n) is 14.2. The molecule has 0 saturated heterocycles. The molecule has 0 aromatic carbocycles. The first kappa shape index (κ1) is 49.7. The van der Waals surface area contributed by atoms with E-state index in [4.69, 9.17) is 9.05 Å². The van der Waals surface area contributed by atoms with Gasteiger partial charge in [0.05, 0.1) is 39.9 Å². The lowest BCUT2D eigenvalue weighted by Gasteiger charge is -2.29. The molecule has 0 aliphatic carbocycles. The molecule has 3 unspecified atom stereocenters. The molecule has 9 heteroatoms. The van der Waals surface area contributed by atoms with E-state index in [0.29, 0.717) is 17.4 Å². The topological polar surface area (TPSA) is 108 Å². The summed E-state index contributed by atoms with van der Waals surface area (Å²) < 4.78 is 23.1. The van der Waals surface area contributed by atoms with Gasteiger partial charge in [0.15, 0.2) is 0 Å². The van der Waals surface area contributed by atoms with Gasteiger partial charge in [0, 0.05) is 6.42 Å². The molecule has 0 bridgehead atoms. The number of aliphatic hydroxyl groups excluding tert-OH is 1. The van der Waals surface area contributed by atoms with Gasteiger partial charge in [-0.3, -0.25) is 9.36 Å². The van der Waals surface area contributed by atoms with Crippen LogP contribution in [0.15, 0.2) is 85.1 Å². The van der Waals surface area contributed by atoms with Gasteiger partial charge in [-0.1, -0.05) is 131 Å². The van der Waals surface area contributed by atoms with Crippen LogP contribution in [0.3, 0.4) is 0 Å². The van der Waals surface area contributed by atoms with Gasteiger partial charge in [0.2, 0.25) is 5.91 Å². The van der Waals surface area contributed by atoms with Crippen LogP contribution in [0, 0.1) is 0 Å². The van der Waals surface area contributed by atoms with Crippen LogP contribution in [0.5, 0.6) is 0 Å². The predicted octanol–water partition coefficient (Wildman–Crippen LogP) is 9.99. The van der Waals surface area contributed by atoms with Gasteiger partial charge < -0.3 is 28.8 Å². The van der Waals surface area contributed by atoms with Crippen LogP contribution in [0.25, 0.3) is 0 Å². The number of nitrogens with zero attached hydrogens (tertiary/aromatic N) is 1. The molecule has 0 aromatic rings. The Labute approximate surface area is 318 Å². The number of likely N-dealkylation sites (N-methyl/N-ethyl adjacent to an activating group) is 1. The lowest BCUT2D eigenvalue weighted by atomic mass is 10.1. The fourth-order valence-electron chi connectivity index (χ4n) is 4.89. The van der Waals surface area contributed by atoms with E-state index in [1.807, 2.05) is 27.2 Å². The van der Waals surface area contributed by atoms with E-state index in [0.717, 1.165) is 103 Å². The Bertz CT molecular complexity index is 1120. The molecule has 0 aliphatic rings. The minimum atomic E-state index is -4.60. The molecule has 0 aromatic heterocycles. The van der Waals surface area contributed by atoms with Gasteiger partial charge in [-0.25, -0.2) is 0 Å². The van der Waals surface area contributed by atoms with E-state index in [9.17, 15) is 19.4 Å². The summed E-state index contributed by atoms with van der Waals surface area (Å²) in [6, 6.07) is -0.920. The van der Waals surface area contributed by atoms with Gasteiger partial charge in [-0.2, -0.15) is 0 Å². The van der Waals surface area contributed by atoms with Crippen molar-refractivity contribution in [1.29, 1.82) is 0 Å². The standard InChI is InChI=1S/C43H75N2O6P/c1-6-8-10-12-14-16-18-19-20-21-22-23-24-25-27-29-31-33-35-37-43(47)44-41(40-51-52(48,49)50-39-38-45(3,4)5)42(46)36-34-32-30-28-26-17-15-13-11-9-7-2/h8,10-11,13-14,16,19-20,22-23,26,28,34,36,41-42,46H,6-7,9,12,15,17-18,21,24-25,27,29-33,35,37-40H2,1-5H3,(H-,44,47,48,49)/b10-8-,13-11+,16-14-,20-19-,23-22-,28-26+,36-34+. The molecule has 0 saturated carbocycles. The monoisotopic (exact) mass is 747 g/mol. The Morgan fingerprint density at radius 2 is 1.19 bits per heavy atom. The molecule has 8 nitrogen and oxygen atoms in total. The maximum Gasteiger partial charge on any atom is 0.268 e. The molecule has 0 spiro atoms. The number of quaternary nitrogens is 1. The zero-order chi connectivity index (χ0) is 38.6. The fraction of sp³-hybridized carbons (Fsp3) is 0.651. The third-order valence-electron chi connectivity index (χ3n) is 8.05. The Kier molecular flexibility index (Phi) is 32.9. The largest absolute Gasteiger partial charge is 0.756 e. The highest BCUT2D eigenvalue weighted by atomic mass is 31.2. The first-order valence-corrected chi connectivity index (χ1v) is 21.4. The summed E-state index contributed by atoms with van der Waals surface area (Å²) in [6.45, 7) is 4.37. The van der Waals surface area contributed by atoms with Crippen molar-refractivity contribution < 1.29 is 32.9 Å². The second kappa shape index (κ2) is 34.4. The van der Waals surface area contributed by atoms with E-state index >= 15 is 0 Å². The third-order valence-corrected chi connectivity index (χ3v) is 9.01. The van der Waals surface area contributed by atoms with E-state index in [1.54, 1.807) is 6.08 Å². The number of aliphatic hydroxyl groups is 1. The third kappa shape index (κ3) is 36.1. The molecular formula is C43H75N2O6P. The molecular weight excluding hydrogens is 671 g/mol. The quantitative estimate of drug-likeness (QED) is 0.0294. The Morgan fingerprint density at radius 1 is 0.692 bits per heavy atom. The number of phosphoric acid groups is 1. The van der Waals surface area contributed by atoms with Crippen LogP contribution in [-0.2, 0) is 18.4 Å². The van der Waals surface area contributed by atoms with Gasteiger partial charge in [0.1, 0.15) is 13.2 Å². The average molecular weight is 747 g/mol. The van der Waals surface area contributed by atoms with Gasteiger partial charge >= 0.3 is 0 Å². The molecule has 0 radical (unpaired) electrons. The number of amides is 1. The first-order valence-electron chi connectivity index (χ1n) is 19.9. The van der Waals surface area contributed by atoms with Crippen LogP contribution in [0.1, 0.15) is 129 Å². The number of nitrogens with one attached hydrogen (secondary N) is 1. The van der Waals surface area contributed by atoms with Gasteiger partial charge in [-0.15, -0.1) is 0 Å². The number of rotatable bonds is 34. The summed E-state index contributed by atoms with van der Waals surface area (Å²) >= 11 is 0. The van der Waals surface area contributed by atoms with Gasteiger partial charge in [0.25, 0.3) is 7.82 Å². The highest BCUT2D eigenvalue weighted by molar-refractivity contribution is 7.45. The van der Waals surface area contributed by atoms with Crippen LogP contribution >= 0.6 is 7.82 Å². The number of carbonyl (C=O) groups is 1. The summed E-state index contributed by atoms with van der Waals surface area (Å²) in [5.74, 6) is -0.233. The number of unbranched alkanes of at least 4 members (excludes halogenated alkanes) is 9. The molecule has 0 rings (SSSR count). The zero-order valence-electron chi connectivity index (χ0n) is 33.5. The number of hydrogen-bond acceptors (Lipinski definition) is 6. The molecule has 0 aliphatic heterocycles. The van der Waals surface area contributed by atoms with Crippen molar-refractivity contribution in [3.63, 3.8) is 0 Å². The van der Waals surface area contributed by atoms with Crippen molar-refractivity contribution in [1.82, 2.24) is 5.32 Å². The van der Waals surface area contributed by atoms with E-state index in [-0.39, 0.29) is 12.5 Å². The highest BCUT2D eigenvalue weighted by Crippen LogP contribution is 2.38. The summed E-state index contributed by atoms with van der Waals surface area (Å²) in [6.07, 6.45) is 46.3. The van der Waals surface area contributed by atoms with Gasteiger partial charge in [-0.05, 0) is 77.0 Å². The molecule has 52 heavy (non-hydrogen) atoms. The zero-order valence-corrected chi connectivity index (χ0v) is 34.4. The average Bonchev–Trinajstić information content (AvgIpc) is 3.09. The molecule has 2 N–H and O–H groups in total. The van der Waals surface area contributed by atoms with Crippen molar-refractivity contribution >= 4 is 13.7 Å². The fourth-order valence-corrected chi connectivity index (χ4v) is 5.61. The summed E-state index contributed by atoms with van der Waals surface area (Å²) in [7, 11) is 1.20. The van der Waals surface area contributed by atoms with Crippen LogP contribution in [0.4, 0.5) is 0 Å². The Morgan fingerprint density at radius 3 is 1.77 bits per heavy atom. The summed E-state index contributed by atoms with van der Waals surface area (Å²) in [5, 5.41) is 13.7. The SMILES string of the molecule is CC/C=C\C/C=C\C/C=C\C/C=C\CCCCCCCCC(=O)NC(COP(=O)([O-])OCC[N+](C)(C)C)C(O)/C=C/CC/C=C/CC/C=C/CCC. The van der Waals surface area contributed by atoms with Crippen molar-refractivity contribution in [2.24, 2.45) is 0 Å². The van der Waals surface area contributed by atoms with Crippen molar-refractivity contribution in [2.45, 2.75) is 142 Å². The van der Waals surface area contributed by atoms with Crippen molar-refractivity contribution in [3.8, 4) is 0 Å². The molecule has 3 atom stereocenters. The minimum absolute atomic E-state index is 0.0171. The number of phosphoric ester groups is 1. The van der Waals surface area contributed by atoms with Crippen LogP contribution < -0.4 is 10.2 Å². The maximum atomic E-state index is 12.8. The van der Waals surface area contributed by atoms with E-state index < -0.39 is 26.6 Å². The highest BCUT2D eigenvalue weighted by Gasteiger charge is 2.23. The maximum absolute atomic E-state index is 12.8. The molecule has 0 fully saturated rings. The summed E-state index contributed by atoms with van der Waals surface area (Å²) in [4.78, 5) is 25.2. The van der Waals surface area contributed by atoms with Crippen molar-refractivity contribution in [3.05, 3.63) is 85.1 Å².